The van der Waals surface area contributed by atoms with Crippen molar-refractivity contribution < 1.29 is 28.4 Å². The van der Waals surface area contributed by atoms with Gasteiger partial charge >= 0.3 is 5.97 Å². The van der Waals surface area contributed by atoms with Crippen LogP contribution in [0.5, 0.6) is 0 Å². The van der Waals surface area contributed by atoms with Crippen molar-refractivity contribution >= 4 is 23.7 Å². The lowest BCUT2D eigenvalue weighted by Crippen LogP contribution is -3.08. The van der Waals surface area contributed by atoms with Crippen LogP contribution in [-0.2, 0) is 21.5 Å². The first kappa shape index (κ1) is 24.1. The molecule has 0 bridgehead atoms. The number of nitrogens with two attached hydrogens (primary N) is 1. The molecule has 1 unspecified atom stereocenters. The fourth-order valence-electron chi connectivity index (χ4n) is 3.30. The summed E-state index contributed by atoms with van der Waals surface area (Å²) >= 11 is 0. The number of benzene rings is 1. The molecule has 1 atom stereocenters. The van der Waals surface area contributed by atoms with E-state index >= 15 is 0 Å². The highest BCUT2D eigenvalue weighted by molar-refractivity contribution is 6.10. The van der Waals surface area contributed by atoms with Crippen LogP contribution >= 0.6 is 0 Å². The van der Waals surface area contributed by atoms with Crippen LogP contribution in [0.3, 0.4) is 0 Å². The molecule has 2 amide bonds. The molecule has 1 aromatic heterocycles. The minimum Gasteiger partial charge on any atom is -0.462 e. The van der Waals surface area contributed by atoms with Crippen molar-refractivity contribution in [3.63, 3.8) is 0 Å². The lowest BCUT2D eigenvalue weighted by molar-refractivity contribution is -0.885. The van der Waals surface area contributed by atoms with Crippen LogP contribution in [0.2, 0.25) is 0 Å². The maximum absolute atomic E-state index is 12.5. The highest BCUT2D eigenvalue weighted by Gasteiger charge is 2.29. The number of primary amides is 1. The molecule has 0 aliphatic heterocycles. The number of amides is 2. The van der Waals surface area contributed by atoms with Crippen molar-refractivity contribution in [2.45, 2.75) is 46.6 Å². The van der Waals surface area contributed by atoms with Gasteiger partial charge in [0, 0.05) is 5.56 Å². The van der Waals surface area contributed by atoms with E-state index < -0.39 is 11.9 Å². The SMILES string of the molecule is CCOC(=O)c1c(C)oc(NC(=O)C[NH+](C)Cc2ccc(C(C)(C)C)cc2)c1C(N)=O. The second-order valence-electron chi connectivity index (χ2n) is 8.63. The van der Waals surface area contributed by atoms with Crippen LogP contribution in [-0.4, -0.2) is 38.0 Å². The number of ether oxygens (including phenoxy) is 1. The van der Waals surface area contributed by atoms with Gasteiger partial charge in [-0.1, -0.05) is 45.0 Å². The first-order chi connectivity index (χ1) is 14.4. The van der Waals surface area contributed by atoms with Crippen molar-refractivity contribution in [3.8, 4) is 0 Å². The molecule has 1 heterocycles. The Morgan fingerprint density at radius 3 is 2.26 bits per heavy atom. The average Bonchev–Trinajstić information content (AvgIpc) is 2.97. The molecule has 4 N–H and O–H groups in total. The summed E-state index contributed by atoms with van der Waals surface area (Å²) in [5.41, 5.74) is 7.61. The zero-order valence-corrected chi connectivity index (χ0v) is 19.0. The minimum atomic E-state index is -0.880. The molecule has 1 aromatic carbocycles. The molecule has 0 aliphatic rings. The zero-order valence-electron chi connectivity index (χ0n) is 19.0. The van der Waals surface area contributed by atoms with Crippen molar-refractivity contribution in [2.75, 3.05) is 25.5 Å². The fourth-order valence-corrected chi connectivity index (χ4v) is 3.30. The normalized spacial score (nSPS) is 12.3. The van der Waals surface area contributed by atoms with Crippen LogP contribution in [0.1, 0.15) is 65.3 Å². The number of likely N-dealkylation sites (N-methyl/N-ethyl adjacent to an activating group) is 1. The van der Waals surface area contributed by atoms with Gasteiger partial charge in [0.25, 0.3) is 11.8 Å². The summed E-state index contributed by atoms with van der Waals surface area (Å²) < 4.78 is 10.4. The number of carbonyl (C=O) groups is 3. The van der Waals surface area contributed by atoms with Gasteiger partial charge in [-0.05, 0) is 24.8 Å². The monoisotopic (exact) mass is 430 g/mol. The molecule has 8 heteroatoms. The second-order valence-corrected chi connectivity index (χ2v) is 8.63. The van der Waals surface area contributed by atoms with Crippen LogP contribution < -0.4 is 16.0 Å². The van der Waals surface area contributed by atoms with Gasteiger partial charge in [0.1, 0.15) is 23.4 Å². The van der Waals surface area contributed by atoms with E-state index in [0.717, 1.165) is 10.5 Å². The second kappa shape index (κ2) is 9.78. The average molecular weight is 431 g/mol. The number of furan rings is 1. The molecular weight excluding hydrogens is 398 g/mol. The maximum Gasteiger partial charge on any atom is 0.342 e. The number of hydrogen-bond donors (Lipinski definition) is 3. The Morgan fingerprint density at radius 2 is 1.74 bits per heavy atom. The van der Waals surface area contributed by atoms with Gasteiger partial charge in [0.05, 0.1) is 13.7 Å². The van der Waals surface area contributed by atoms with E-state index in [1.54, 1.807) is 6.92 Å². The minimum absolute atomic E-state index is 0.0655. The molecule has 0 aliphatic carbocycles. The molecule has 0 saturated heterocycles. The topological polar surface area (TPSA) is 116 Å². The predicted octanol–water partition coefficient (Wildman–Crippen LogP) is 1.81. The van der Waals surface area contributed by atoms with E-state index in [2.05, 4.69) is 50.4 Å². The van der Waals surface area contributed by atoms with Gasteiger partial charge in [0.15, 0.2) is 6.54 Å². The molecule has 2 aromatic rings. The van der Waals surface area contributed by atoms with E-state index in [9.17, 15) is 14.4 Å². The Balaban J connectivity index is 2.07. The summed E-state index contributed by atoms with van der Waals surface area (Å²) in [6, 6.07) is 8.33. The van der Waals surface area contributed by atoms with Gasteiger partial charge < -0.3 is 19.8 Å². The summed E-state index contributed by atoms with van der Waals surface area (Å²) in [4.78, 5) is 37.5. The number of hydrogen-bond acceptors (Lipinski definition) is 5. The molecule has 31 heavy (non-hydrogen) atoms. The van der Waals surface area contributed by atoms with E-state index in [1.807, 2.05) is 7.05 Å². The summed E-state index contributed by atoms with van der Waals surface area (Å²) in [6.07, 6.45) is 0. The lowest BCUT2D eigenvalue weighted by Gasteiger charge is -2.19. The third-order valence-corrected chi connectivity index (χ3v) is 4.85. The summed E-state index contributed by atoms with van der Waals surface area (Å²) in [6.45, 7) is 10.5. The molecule has 8 nitrogen and oxygen atoms in total. The van der Waals surface area contributed by atoms with Gasteiger partial charge in [-0.15, -0.1) is 0 Å². The standard InChI is InChI=1S/C23H31N3O5/c1-7-30-22(29)18-14(2)31-21(19(18)20(24)28)25-17(27)13-26(6)12-15-8-10-16(11-9-15)23(3,4)5/h8-11H,7,12-13H2,1-6H3,(H2,24,28)(H,25,27)/p+1. The smallest absolute Gasteiger partial charge is 0.342 e. The Labute approximate surface area is 182 Å². The summed E-state index contributed by atoms with van der Waals surface area (Å²) in [5, 5.41) is 2.56. The highest BCUT2D eigenvalue weighted by Crippen LogP contribution is 2.27. The van der Waals surface area contributed by atoms with Gasteiger partial charge in [-0.25, -0.2) is 4.79 Å². The molecule has 0 saturated carbocycles. The number of quaternary nitrogens is 1. The third kappa shape index (κ3) is 6.18. The number of carbonyl (C=O) groups excluding carboxylic acids is 3. The number of nitrogens with one attached hydrogen (secondary N) is 2. The Morgan fingerprint density at radius 1 is 1.13 bits per heavy atom. The lowest BCUT2D eigenvalue weighted by atomic mass is 9.87. The Bertz CT molecular complexity index is 955. The number of anilines is 1. The van der Waals surface area contributed by atoms with Crippen molar-refractivity contribution in [3.05, 3.63) is 52.3 Å². The van der Waals surface area contributed by atoms with Crippen molar-refractivity contribution in [1.82, 2.24) is 0 Å². The zero-order chi connectivity index (χ0) is 23.3. The van der Waals surface area contributed by atoms with E-state index in [-0.39, 0.29) is 47.2 Å². The predicted molar refractivity (Wildman–Crippen MR) is 117 cm³/mol. The maximum atomic E-state index is 12.5. The summed E-state index contributed by atoms with van der Waals surface area (Å²) in [5.74, 6) is -1.95. The van der Waals surface area contributed by atoms with Gasteiger partial charge in [-0.2, -0.15) is 0 Å². The van der Waals surface area contributed by atoms with Crippen LogP contribution in [0.25, 0.3) is 0 Å². The molecule has 2 rings (SSSR count). The first-order valence-electron chi connectivity index (χ1n) is 10.2. The van der Waals surface area contributed by atoms with Crippen molar-refractivity contribution in [2.24, 2.45) is 5.73 Å². The number of rotatable bonds is 8. The third-order valence-electron chi connectivity index (χ3n) is 4.85. The summed E-state index contributed by atoms with van der Waals surface area (Å²) in [7, 11) is 1.89. The molecular formula is C23H32N3O5+. The molecule has 168 valence electrons. The van der Waals surface area contributed by atoms with Crippen LogP contribution in [0.15, 0.2) is 28.7 Å². The Kier molecular flexibility index (Phi) is 7.62. The number of esters is 1. The van der Waals surface area contributed by atoms with Gasteiger partial charge in [0.2, 0.25) is 5.88 Å². The van der Waals surface area contributed by atoms with E-state index in [0.29, 0.717) is 6.54 Å². The Hall–Kier alpha value is -3.13. The molecule has 0 radical (unpaired) electrons. The van der Waals surface area contributed by atoms with Crippen molar-refractivity contribution in [1.29, 1.82) is 0 Å². The van der Waals surface area contributed by atoms with Crippen LogP contribution in [0, 0.1) is 6.92 Å². The fraction of sp³-hybridized carbons (Fsp3) is 0.435. The molecule has 0 fully saturated rings. The van der Waals surface area contributed by atoms with Gasteiger partial charge in [-0.3, -0.25) is 14.9 Å². The van der Waals surface area contributed by atoms with E-state index in [4.69, 9.17) is 14.9 Å². The van der Waals surface area contributed by atoms with E-state index in [1.165, 1.54) is 12.5 Å². The largest absolute Gasteiger partial charge is 0.462 e. The number of aryl methyl sites for hydroxylation is 1. The quantitative estimate of drug-likeness (QED) is 0.553. The first-order valence-corrected chi connectivity index (χ1v) is 10.2. The molecule has 0 spiro atoms. The highest BCUT2D eigenvalue weighted by atomic mass is 16.5. The van der Waals surface area contributed by atoms with Crippen LogP contribution in [0.4, 0.5) is 5.88 Å².